The topological polar surface area (TPSA) is 116 Å². The Morgan fingerprint density at radius 2 is 1.86 bits per heavy atom. The van der Waals surface area contributed by atoms with Gasteiger partial charge in [0.1, 0.15) is 11.1 Å². The van der Waals surface area contributed by atoms with Crippen LogP contribution in [0.25, 0.3) is 22.2 Å². The highest BCUT2D eigenvalue weighted by molar-refractivity contribution is 8.00. The van der Waals surface area contributed by atoms with Crippen molar-refractivity contribution in [3.05, 3.63) is 83.0 Å². The summed E-state index contributed by atoms with van der Waals surface area (Å²) in [4.78, 5) is 33.5. The van der Waals surface area contributed by atoms with E-state index in [9.17, 15) is 20.0 Å². The number of rotatable bonds is 6. The molecule has 1 amide bonds. The van der Waals surface area contributed by atoms with Gasteiger partial charge in [-0.15, -0.1) is 0 Å². The molecule has 2 aromatic heterocycles. The van der Waals surface area contributed by atoms with Gasteiger partial charge in [-0.1, -0.05) is 42.1 Å². The third kappa shape index (κ3) is 4.72. The molecule has 5 rings (SSSR count). The Morgan fingerprint density at radius 1 is 1.06 bits per heavy atom. The number of nitriles is 1. The first-order chi connectivity index (χ1) is 17.0. The summed E-state index contributed by atoms with van der Waals surface area (Å²) >= 11 is 1.26. The van der Waals surface area contributed by atoms with Crippen LogP contribution in [-0.4, -0.2) is 32.7 Å². The molecule has 0 bridgehead atoms. The lowest BCUT2D eigenvalue weighted by molar-refractivity contribution is -0.113. The fourth-order valence-electron chi connectivity index (χ4n) is 4.20. The lowest BCUT2D eigenvalue weighted by atomic mass is 10.0. The molecular weight excluding hydrogens is 460 g/mol. The zero-order valence-corrected chi connectivity index (χ0v) is 19.4. The molecule has 0 aliphatic heterocycles. The summed E-state index contributed by atoms with van der Waals surface area (Å²) in [6, 6.07) is 19.9. The van der Waals surface area contributed by atoms with Crippen LogP contribution in [0.1, 0.15) is 33.6 Å². The van der Waals surface area contributed by atoms with E-state index in [1.165, 1.54) is 11.8 Å². The highest BCUT2D eigenvalue weighted by Crippen LogP contribution is 2.29. The van der Waals surface area contributed by atoms with Crippen LogP contribution in [0.4, 0.5) is 5.69 Å². The molecule has 1 aliphatic carbocycles. The Hall–Kier alpha value is -4.22. The van der Waals surface area contributed by atoms with E-state index >= 15 is 0 Å². The molecular formula is C27H20N4O3S. The van der Waals surface area contributed by atoms with E-state index in [-0.39, 0.29) is 17.2 Å². The first-order valence-electron chi connectivity index (χ1n) is 11.1. The summed E-state index contributed by atoms with van der Waals surface area (Å²) < 4.78 is 0. The molecule has 0 saturated heterocycles. The molecule has 0 radical (unpaired) electrons. The Labute approximate surface area is 205 Å². The number of carboxylic acids is 1. The van der Waals surface area contributed by atoms with E-state index < -0.39 is 5.97 Å². The fraction of sp³-hybridized carbons (Fsp3) is 0.148. The molecule has 0 spiro atoms. The van der Waals surface area contributed by atoms with E-state index in [0.29, 0.717) is 32.9 Å². The predicted octanol–water partition coefficient (Wildman–Crippen LogP) is 5.09. The maximum Gasteiger partial charge on any atom is 0.336 e. The number of nitrogens with one attached hydrogen (secondary N) is 1. The minimum atomic E-state index is -1.01. The molecule has 4 aromatic rings. The molecule has 172 valence electrons. The third-order valence-corrected chi connectivity index (χ3v) is 6.88. The number of carboxylic acid groups (broad SMARTS) is 1. The maximum absolute atomic E-state index is 12.5. The van der Waals surface area contributed by atoms with Crippen LogP contribution in [-0.2, 0) is 17.6 Å². The van der Waals surface area contributed by atoms with E-state index in [1.807, 2.05) is 12.1 Å². The molecule has 2 aromatic carbocycles. The largest absolute Gasteiger partial charge is 0.478 e. The van der Waals surface area contributed by atoms with Crippen molar-refractivity contribution in [2.75, 3.05) is 11.1 Å². The second-order valence-electron chi connectivity index (χ2n) is 8.20. The van der Waals surface area contributed by atoms with E-state index in [4.69, 9.17) is 0 Å². The number of carbonyl (C=O) groups is 2. The van der Waals surface area contributed by atoms with Crippen molar-refractivity contribution in [1.82, 2.24) is 9.97 Å². The van der Waals surface area contributed by atoms with Crippen LogP contribution in [0.3, 0.4) is 0 Å². The average Bonchev–Trinajstić information content (AvgIpc) is 3.34. The van der Waals surface area contributed by atoms with Crippen molar-refractivity contribution in [2.24, 2.45) is 0 Å². The minimum absolute atomic E-state index is 0.135. The van der Waals surface area contributed by atoms with Gasteiger partial charge in [0.2, 0.25) is 5.91 Å². The number of aromatic nitrogens is 2. The van der Waals surface area contributed by atoms with Gasteiger partial charge in [-0.25, -0.2) is 14.8 Å². The van der Waals surface area contributed by atoms with Crippen molar-refractivity contribution in [3.63, 3.8) is 0 Å². The molecule has 1 aliphatic rings. The second-order valence-corrected chi connectivity index (χ2v) is 9.17. The first kappa shape index (κ1) is 22.6. The van der Waals surface area contributed by atoms with Crippen molar-refractivity contribution < 1.29 is 14.7 Å². The number of anilines is 1. The summed E-state index contributed by atoms with van der Waals surface area (Å²) in [7, 11) is 0. The molecule has 0 saturated carbocycles. The van der Waals surface area contributed by atoms with Gasteiger partial charge in [-0.3, -0.25) is 4.79 Å². The zero-order chi connectivity index (χ0) is 24.4. The number of amides is 1. The number of pyridine rings is 2. The molecule has 35 heavy (non-hydrogen) atoms. The average molecular weight is 481 g/mol. The highest BCUT2D eigenvalue weighted by Gasteiger charge is 2.18. The Kier molecular flexibility index (Phi) is 6.17. The van der Waals surface area contributed by atoms with E-state index in [0.717, 1.165) is 36.1 Å². The van der Waals surface area contributed by atoms with Crippen LogP contribution in [0.5, 0.6) is 0 Å². The summed E-state index contributed by atoms with van der Waals surface area (Å²) in [5.74, 6) is -1.08. The number of aryl methyl sites for hydroxylation is 2. The van der Waals surface area contributed by atoms with Crippen LogP contribution < -0.4 is 5.32 Å². The molecule has 0 fully saturated rings. The summed E-state index contributed by atoms with van der Waals surface area (Å²) in [5, 5.41) is 23.1. The molecule has 7 nitrogen and oxygen atoms in total. The smallest absolute Gasteiger partial charge is 0.336 e. The molecule has 0 unspecified atom stereocenters. The minimum Gasteiger partial charge on any atom is -0.478 e. The van der Waals surface area contributed by atoms with Gasteiger partial charge in [0, 0.05) is 22.3 Å². The molecule has 0 atom stereocenters. The number of carbonyl (C=O) groups excluding carboxylic acids is 1. The van der Waals surface area contributed by atoms with Crippen LogP contribution in [0, 0.1) is 11.3 Å². The number of hydrogen-bond acceptors (Lipinski definition) is 6. The summed E-state index contributed by atoms with van der Waals surface area (Å²) in [6.07, 6.45) is 2.90. The number of thioether (sulfide) groups is 1. The SMILES string of the molecule is N#Cc1cc2c(nc1SCC(=O)Nc1ccc(-c3cc(C(=O)O)c4ccccc4n3)cc1)CCC2. The standard InChI is InChI=1S/C27H20N4O3S/c28-14-18-12-17-4-3-7-22(17)31-26(18)35-15-25(32)29-19-10-8-16(9-11-19)24-13-21(27(33)34)20-5-1-2-6-23(20)30-24/h1-2,5-6,8-13H,3-4,7,15H2,(H,29,32)(H,33,34). The maximum atomic E-state index is 12.5. The third-order valence-electron chi connectivity index (χ3n) is 5.89. The van der Waals surface area contributed by atoms with Gasteiger partial charge in [0.25, 0.3) is 0 Å². The van der Waals surface area contributed by atoms with Gasteiger partial charge in [0.15, 0.2) is 0 Å². The Morgan fingerprint density at radius 3 is 2.63 bits per heavy atom. The molecule has 2 N–H and O–H groups in total. The van der Waals surface area contributed by atoms with E-state index in [1.54, 1.807) is 48.5 Å². The normalized spacial score (nSPS) is 12.2. The van der Waals surface area contributed by atoms with Crippen molar-refractivity contribution in [1.29, 1.82) is 5.26 Å². The van der Waals surface area contributed by atoms with Crippen LogP contribution in [0.15, 0.2) is 65.7 Å². The number of para-hydroxylation sites is 1. The highest BCUT2D eigenvalue weighted by atomic mass is 32.2. The number of hydrogen-bond donors (Lipinski definition) is 2. The number of aromatic carboxylic acids is 1. The van der Waals surface area contributed by atoms with Crippen molar-refractivity contribution >= 4 is 40.2 Å². The fourth-order valence-corrected chi connectivity index (χ4v) is 4.97. The monoisotopic (exact) mass is 480 g/mol. The van der Waals surface area contributed by atoms with Gasteiger partial charge >= 0.3 is 5.97 Å². The molecule has 8 heteroatoms. The first-order valence-corrected chi connectivity index (χ1v) is 12.1. The van der Waals surface area contributed by atoms with Gasteiger partial charge < -0.3 is 10.4 Å². The lowest BCUT2D eigenvalue weighted by Crippen LogP contribution is -2.14. The summed E-state index contributed by atoms with van der Waals surface area (Å²) in [6.45, 7) is 0. The van der Waals surface area contributed by atoms with Crippen LogP contribution >= 0.6 is 11.8 Å². The van der Waals surface area contributed by atoms with E-state index in [2.05, 4.69) is 21.4 Å². The molecule has 2 heterocycles. The lowest BCUT2D eigenvalue weighted by Gasteiger charge is -2.09. The quantitative estimate of drug-likeness (QED) is 0.369. The Balaban J connectivity index is 1.28. The zero-order valence-electron chi connectivity index (χ0n) is 18.6. The van der Waals surface area contributed by atoms with Crippen molar-refractivity contribution in [3.8, 4) is 17.3 Å². The van der Waals surface area contributed by atoms with Crippen molar-refractivity contribution in [2.45, 2.75) is 24.3 Å². The van der Waals surface area contributed by atoms with Gasteiger partial charge in [-0.05, 0) is 55.2 Å². The van der Waals surface area contributed by atoms with Gasteiger partial charge in [-0.2, -0.15) is 5.26 Å². The number of benzene rings is 2. The summed E-state index contributed by atoms with van der Waals surface area (Å²) in [5.41, 5.74) is 5.36. The second kappa shape index (κ2) is 9.57. The number of fused-ring (bicyclic) bond motifs is 2. The Bertz CT molecular complexity index is 1510. The van der Waals surface area contributed by atoms with Gasteiger partial charge in [0.05, 0.1) is 28.1 Å². The predicted molar refractivity (Wildman–Crippen MR) is 134 cm³/mol. The van der Waals surface area contributed by atoms with Crippen LogP contribution in [0.2, 0.25) is 0 Å². The number of nitrogens with zero attached hydrogens (tertiary/aromatic N) is 3.